The molecule has 33 heavy (non-hydrogen) atoms. The number of rotatable bonds is 6. The van der Waals surface area contributed by atoms with Crippen LogP contribution in [0.4, 0.5) is 0 Å². The molecule has 0 aliphatic carbocycles. The number of ether oxygens (including phenoxy) is 1. The summed E-state index contributed by atoms with van der Waals surface area (Å²) in [6.45, 7) is 3.68. The van der Waals surface area contributed by atoms with Gasteiger partial charge in [0, 0.05) is 24.2 Å². The third-order valence-corrected chi connectivity index (χ3v) is 6.85. The summed E-state index contributed by atoms with van der Waals surface area (Å²) >= 11 is 1.35. The van der Waals surface area contributed by atoms with Crippen molar-refractivity contribution in [1.29, 1.82) is 5.26 Å². The molecule has 5 nitrogen and oxygen atoms in total. The number of aryl methyl sites for hydroxylation is 1. The largest absolute Gasteiger partial charge is 0.497 e. The van der Waals surface area contributed by atoms with Gasteiger partial charge in [0.05, 0.1) is 24.1 Å². The number of aromatic nitrogens is 1. The first-order valence-electron chi connectivity index (χ1n) is 11.2. The van der Waals surface area contributed by atoms with Gasteiger partial charge in [0.15, 0.2) is 0 Å². The smallest absolute Gasteiger partial charge is 0.232 e. The van der Waals surface area contributed by atoms with Gasteiger partial charge in [-0.1, -0.05) is 53.7 Å². The number of thioether (sulfide) groups is 1. The lowest BCUT2D eigenvalue weighted by Crippen LogP contribution is -2.36. The number of carbonyl (C=O) groups is 1. The molecule has 6 heteroatoms. The van der Waals surface area contributed by atoms with Crippen molar-refractivity contribution in [3.8, 4) is 34.2 Å². The van der Waals surface area contributed by atoms with E-state index in [4.69, 9.17) is 9.72 Å². The molecule has 2 heterocycles. The van der Waals surface area contributed by atoms with Crippen LogP contribution in [0, 0.1) is 18.3 Å². The number of piperidine rings is 1. The van der Waals surface area contributed by atoms with Crippen LogP contribution in [0.2, 0.25) is 0 Å². The number of methoxy groups -OCH3 is 1. The van der Waals surface area contributed by atoms with E-state index in [0.29, 0.717) is 10.6 Å². The van der Waals surface area contributed by atoms with Crippen molar-refractivity contribution in [2.45, 2.75) is 31.2 Å². The fraction of sp³-hybridized carbons (Fsp3) is 0.296. The van der Waals surface area contributed by atoms with Crippen molar-refractivity contribution in [1.82, 2.24) is 9.88 Å². The predicted molar refractivity (Wildman–Crippen MR) is 132 cm³/mol. The Morgan fingerprint density at radius 3 is 2.36 bits per heavy atom. The fourth-order valence-corrected chi connectivity index (χ4v) is 4.87. The SMILES string of the molecule is COc1ccc(-c2cc(-c3ccc(C)cc3)nc(SCC(=O)N3CCCCC3)c2C#N)cc1. The van der Waals surface area contributed by atoms with Crippen molar-refractivity contribution >= 4 is 17.7 Å². The summed E-state index contributed by atoms with van der Waals surface area (Å²) < 4.78 is 5.29. The number of likely N-dealkylation sites (tertiary alicyclic amines) is 1. The van der Waals surface area contributed by atoms with Gasteiger partial charge in [0.2, 0.25) is 5.91 Å². The van der Waals surface area contributed by atoms with Crippen molar-refractivity contribution in [3.05, 3.63) is 65.7 Å². The number of nitriles is 1. The van der Waals surface area contributed by atoms with E-state index in [1.807, 2.05) is 54.3 Å². The molecule has 1 aliphatic rings. The van der Waals surface area contributed by atoms with Gasteiger partial charge < -0.3 is 9.64 Å². The van der Waals surface area contributed by atoms with E-state index < -0.39 is 0 Å². The van der Waals surface area contributed by atoms with Crippen LogP contribution in [0.15, 0.2) is 59.6 Å². The van der Waals surface area contributed by atoms with Crippen molar-refractivity contribution in [2.75, 3.05) is 26.0 Å². The van der Waals surface area contributed by atoms with Gasteiger partial charge >= 0.3 is 0 Å². The normalized spacial score (nSPS) is 13.4. The summed E-state index contributed by atoms with van der Waals surface area (Å²) in [4.78, 5) is 19.5. The molecular formula is C27H27N3O2S. The number of hydrogen-bond acceptors (Lipinski definition) is 5. The predicted octanol–water partition coefficient (Wildman–Crippen LogP) is 5.71. The second-order valence-corrected chi connectivity index (χ2v) is 9.14. The summed E-state index contributed by atoms with van der Waals surface area (Å²) in [5, 5.41) is 10.6. The molecule has 1 saturated heterocycles. The Hall–Kier alpha value is -3.30. The second kappa shape index (κ2) is 10.5. The monoisotopic (exact) mass is 457 g/mol. The zero-order valence-corrected chi connectivity index (χ0v) is 19.8. The maximum absolute atomic E-state index is 12.8. The first kappa shape index (κ1) is 22.9. The molecule has 0 saturated carbocycles. The molecule has 4 rings (SSSR count). The van der Waals surface area contributed by atoms with Crippen LogP contribution >= 0.6 is 11.8 Å². The third kappa shape index (κ3) is 5.37. The summed E-state index contributed by atoms with van der Waals surface area (Å²) in [6.07, 6.45) is 3.30. The Kier molecular flexibility index (Phi) is 7.31. The van der Waals surface area contributed by atoms with Gasteiger partial charge in [-0.3, -0.25) is 4.79 Å². The molecule has 0 N–H and O–H groups in total. The fourth-order valence-electron chi connectivity index (χ4n) is 3.97. The molecule has 0 atom stereocenters. The molecule has 0 radical (unpaired) electrons. The molecule has 1 aromatic heterocycles. The molecule has 1 amide bonds. The summed E-state index contributed by atoms with van der Waals surface area (Å²) in [7, 11) is 1.63. The number of amides is 1. The van der Waals surface area contributed by atoms with Gasteiger partial charge in [-0.05, 0) is 49.9 Å². The molecule has 0 unspecified atom stereocenters. The first-order chi connectivity index (χ1) is 16.1. The van der Waals surface area contributed by atoms with Gasteiger partial charge in [-0.25, -0.2) is 4.98 Å². The summed E-state index contributed by atoms with van der Waals surface area (Å²) in [6, 6.07) is 20.1. The van der Waals surface area contributed by atoms with Crippen LogP contribution in [0.1, 0.15) is 30.4 Å². The van der Waals surface area contributed by atoms with E-state index in [-0.39, 0.29) is 11.7 Å². The average molecular weight is 458 g/mol. The number of hydrogen-bond donors (Lipinski definition) is 0. The van der Waals surface area contributed by atoms with Crippen LogP contribution in [-0.4, -0.2) is 41.7 Å². The minimum Gasteiger partial charge on any atom is -0.497 e. The number of pyridine rings is 1. The Morgan fingerprint density at radius 1 is 1.06 bits per heavy atom. The second-order valence-electron chi connectivity index (χ2n) is 8.17. The van der Waals surface area contributed by atoms with Crippen LogP contribution in [0.3, 0.4) is 0 Å². The number of benzene rings is 2. The van der Waals surface area contributed by atoms with Crippen LogP contribution in [-0.2, 0) is 4.79 Å². The van der Waals surface area contributed by atoms with E-state index in [1.54, 1.807) is 7.11 Å². The van der Waals surface area contributed by atoms with Crippen molar-refractivity contribution < 1.29 is 9.53 Å². The molecule has 0 bridgehead atoms. The van der Waals surface area contributed by atoms with Crippen molar-refractivity contribution in [2.24, 2.45) is 0 Å². The number of nitrogens with zero attached hydrogens (tertiary/aromatic N) is 3. The van der Waals surface area contributed by atoms with E-state index in [0.717, 1.165) is 54.1 Å². The highest BCUT2D eigenvalue weighted by atomic mass is 32.2. The number of carbonyl (C=O) groups excluding carboxylic acids is 1. The quantitative estimate of drug-likeness (QED) is 0.444. The van der Waals surface area contributed by atoms with E-state index >= 15 is 0 Å². The van der Waals surface area contributed by atoms with Crippen LogP contribution in [0.5, 0.6) is 5.75 Å². The van der Waals surface area contributed by atoms with E-state index in [1.165, 1.54) is 23.7 Å². The highest BCUT2D eigenvalue weighted by molar-refractivity contribution is 8.00. The summed E-state index contributed by atoms with van der Waals surface area (Å²) in [5.41, 5.74) is 5.14. The lowest BCUT2D eigenvalue weighted by molar-refractivity contribution is -0.129. The minimum atomic E-state index is 0.108. The Balaban J connectivity index is 1.72. The topological polar surface area (TPSA) is 66.2 Å². The Bertz CT molecular complexity index is 1160. The first-order valence-corrected chi connectivity index (χ1v) is 12.1. The molecule has 2 aromatic carbocycles. The lowest BCUT2D eigenvalue weighted by Gasteiger charge is -2.26. The van der Waals surface area contributed by atoms with E-state index in [2.05, 4.69) is 18.2 Å². The van der Waals surface area contributed by atoms with Gasteiger partial charge in [0.1, 0.15) is 16.8 Å². The Labute approximate surface area is 199 Å². The van der Waals surface area contributed by atoms with Gasteiger partial charge in [-0.2, -0.15) is 5.26 Å². The maximum Gasteiger partial charge on any atom is 0.232 e. The van der Waals surface area contributed by atoms with Crippen molar-refractivity contribution in [3.63, 3.8) is 0 Å². The standard InChI is InChI=1S/C27H27N3O2S/c1-19-6-8-21(9-7-19)25-16-23(20-10-12-22(32-2)13-11-20)24(17-28)27(29-25)33-18-26(31)30-14-4-3-5-15-30/h6-13,16H,3-5,14-15,18H2,1-2H3. The molecule has 1 aliphatic heterocycles. The zero-order chi connectivity index (χ0) is 23.2. The highest BCUT2D eigenvalue weighted by Gasteiger charge is 2.20. The summed E-state index contributed by atoms with van der Waals surface area (Å²) in [5.74, 6) is 1.14. The average Bonchev–Trinajstić information content (AvgIpc) is 2.87. The third-order valence-electron chi connectivity index (χ3n) is 5.89. The zero-order valence-electron chi connectivity index (χ0n) is 19.0. The Morgan fingerprint density at radius 2 is 1.73 bits per heavy atom. The van der Waals surface area contributed by atoms with Gasteiger partial charge in [-0.15, -0.1) is 0 Å². The molecule has 1 fully saturated rings. The lowest BCUT2D eigenvalue weighted by atomic mass is 9.99. The molecule has 168 valence electrons. The maximum atomic E-state index is 12.8. The molecular weight excluding hydrogens is 430 g/mol. The van der Waals surface area contributed by atoms with Crippen LogP contribution in [0.25, 0.3) is 22.4 Å². The van der Waals surface area contributed by atoms with E-state index in [9.17, 15) is 10.1 Å². The molecule has 0 spiro atoms. The van der Waals surface area contributed by atoms with Gasteiger partial charge in [0.25, 0.3) is 0 Å². The van der Waals surface area contributed by atoms with Crippen LogP contribution < -0.4 is 4.74 Å². The molecule has 3 aromatic rings. The minimum absolute atomic E-state index is 0.108. The highest BCUT2D eigenvalue weighted by Crippen LogP contribution is 2.35.